The van der Waals surface area contributed by atoms with Gasteiger partial charge in [-0.1, -0.05) is 42.5 Å². The van der Waals surface area contributed by atoms with E-state index in [9.17, 15) is 9.59 Å². The first kappa shape index (κ1) is 18.5. The number of hydrogen-bond donors (Lipinski definition) is 1. The first-order chi connectivity index (χ1) is 13.6. The summed E-state index contributed by atoms with van der Waals surface area (Å²) in [7, 11) is 1.73. The fraction of sp³-hybridized carbons (Fsp3) is 0.364. The van der Waals surface area contributed by atoms with Crippen molar-refractivity contribution in [3.05, 3.63) is 70.6 Å². The van der Waals surface area contributed by atoms with Gasteiger partial charge in [0.2, 0.25) is 5.91 Å². The average Bonchev–Trinajstić information content (AvgIpc) is 3.33. The summed E-state index contributed by atoms with van der Waals surface area (Å²) in [6.45, 7) is 2.68. The van der Waals surface area contributed by atoms with Gasteiger partial charge in [0.05, 0.1) is 17.1 Å². The number of aromatic nitrogens is 2. The van der Waals surface area contributed by atoms with Crippen LogP contribution in [0.3, 0.4) is 0 Å². The highest BCUT2D eigenvalue weighted by Crippen LogP contribution is 2.24. The summed E-state index contributed by atoms with van der Waals surface area (Å²) in [6, 6.07) is 18.0. The Hall–Kier alpha value is -2.86. The molecule has 1 aliphatic rings. The maximum atomic E-state index is 12.7. The Bertz CT molecular complexity index is 1020. The minimum absolute atomic E-state index is 0.0295. The number of carbonyl (C=O) groups is 1. The van der Waals surface area contributed by atoms with E-state index in [0.717, 1.165) is 24.1 Å². The molecule has 3 aromatic rings. The molecule has 6 heteroatoms. The summed E-state index contributed by atoms with van der Waals surface area (Å²) in [4.78, 5) is 27.6. The maximum absolute atomic E-state index is 12.7. The Balaban J connectivity index is 1.49. The predicted octanol–water partition coefficient (Wildman–Crippen LogP) is 2.29. The smallest absolute Gasteiger partial charge is 0.329 e. The minimum atomic E-state index is -0.171. The van der Waals surface area contributed by atoms with Crippen molar-refractivity contribution in [2.45, 2.75) is 25.4 Å². The summed E-state index contributed by atoms with van der Waals surface area (Å²) in [5, 5.41) is 3.06. The van der Waals surface area contributed by atoms with Crippen LogP contribution in [0.2, 0.25) is 0 Å². The van der Waals surface area contributed by atoms with Crippen LogP contribution < -0.4 is 11.0 Å². The Morgan fingerprint density at radius 3 is 2.36 bits per heavy atom. The van der Waals surface area contributed by atoms with E-state index in [2.05, 4.69) is 22.3 Å². The van der Waals surface area contributed by atoms with E-state index in [1.54, 1.807) is 11.6 Å². The lowest BCUT2D eigenvalue weighted by Crippen LogP contribution is -2.39. The number of nitrogens with zero attached hydrogens (tertiary/aromatic N) is 3. The van der Waals surface area contributed by atoms with Crippen LogP contribution in [-0.4, -0.2) is 39.6 Å². The van der Waals surface area contributed by atoms with Crippen molar-refractivity contribution >= 4 is 16.9 Å². The lowest BCUT2D eigenvalue weighted by atomic mass is 10.1. The van der Waals surface area contributed by atoms with Crippen LogP contribution in [0.15, 0.2) is 59.4 Å². The molecule has 1 aromatic heterocycles. The molecule has 1 aliphatic heterocycles. The second kappa shape index (κ2) is 8.02. The van der Waals surface area contributed by atoms with Gasteiger partial charge in [-0.15, -0.1) is 0 Å². The molecule has 0 spiro atoms. The van der Waals surface area contributed by atoms with Gasteiger partial charge in [0.1, 0.15) is 6.54 Å². The molecule has 2 aromatic carbocycles. The Kier molecular flexibility index (Phi) is 5.30. The van der Waals surface area contributed by atoms with E-state index < -0.39 is 0 Å². The predicted molar refractivity (Wildman–Crippen MR) is 110 cm³/mol. The number of aryl methyl sites for hydroxylation is 1. The van der Waals surface area contributed by atoms with E-state index in [1.807, 2.05) is 42.5 Å². The van der Waals surface area contributed by atoms with Crippen LogP contribution in [0, 0.1) is 0 Å². The normalized spacial score (nSPS) is 15.8. The van der Waals surface area contributed by atoms with Crippen molar-refractivity contribution in [3.8, 4) is 0 Å². The molecule has 1 fully saturated rings. The van der Waals surface area contributed by atoms with Gasteiger partial charge in [-0.05, 0) is 43.6 Å². The summed E-state index contributed by atoms with van der Waals surface area (Å²) in [6.07, 6.45) is 2.39. The molecule has 6 nitrogen and oxygen atoms in total. The van der Waals surface area contributed by atoms with Crippen LogP contribution in [0.5, 0.6) is 0 Å². The molecule has 1 saturated heterocycles. The number of carbonyl (C=O) groups excluding carboxylic acids is 1. The van der Waals surface area contributed by atoms with Crippen molar-refractivity contribution in [2.24, 2.45) is 7.05 Å². The molecule has 2 heterocycles. The topological polar surface area (TPSA) is 59.3 Å². The first-order valence-electron chi connectivity index (χ1n) is 9.85. The zero-order valence-electron chi connectivity index (χ0n) is 16.2. The van der Waals surface area contributed by atoms with Gasteiger partial charge < -0.3 is 5.32 Å². The molecule has 28 heavy (non-hydrogen) atoms. The molecule has 0 bridgehead atoms. The third-order valence-electron chi connectivity index (χ3n) is 5.61. The SMILES string of the molecule is Cn1c(=O)n(CC(=O)NC[C@H](c2ccccc2)N2CCCC2)c2ccccc21. The van der Waals surface area contributed by atoms with E-state index in [-0.39, 0.29) is 24.2 Å². The largest absolute Gasteiger partial charge is 0.353 e. The fourth-order valence-electron chi connectivity index (χ4n) is 4.11. The lowest BCUT2D eigenvalue weighted by Gasteiger charge is -2.28. The lowest BCUT2D eigenvalue weighted by molar-refractivity contribution is -0.121. The van der Waals surface area contributed by atoms with Gasteiger partial charge in [-0.25, -0.2) is 4.79 Å². The molecular formula is C22H26N4O2. The summed E-state index contributed by atoms with van der Waals surface area (Å²) in [5.41, 5.74) is 2.66. The highest BCUT2D eigenvalue weighted by Gasteiger charge is 2.24. The van der Waals surface area contributed by atoms with Gasteiger partial charge in [0, 0.05) is 13.6 Å². The number of imidazole rings is 1. The van der Waals surface area contributed by atoms with Crippen LogP contribution in [0.4, 0.5) is 0 Å². The number of para-hydroxylation sites is 2. The van der Waals surface area contributed by atoms with Gasteiger partial charge in [0.25, 0.3) is 0 Å². The summed E-state index contributed by atoms with van der Waals surface area (Å²) < 4.78 is 3.12. The Labute approximate surface area is 164 Å². The van der Waals surface area contributed by atoms with E-state index >= 15 is 0 Å². The third-order valence-corrected chi connectivity index (χ3v) is 5.61. The van der Waals surface area contributed by atoms with Gasteiger partial charge in [-0.2, -0.15) is 0 Å². The second-order valence-corrected chi connectivity index (χ2v) is 7.39. The number of benzene rings is 2. The van der Waals surface area contributed by atoms with Gasteiger partial charge in [0.15, 0.2) is 0 Å². The maximum Gasteiger partial charge on any atom is 0.329 e. The van der Waals surface area contributed by atoms with Crippen molar-refractivity contribution in [1.82, 2.24) is 19.4 Å². The van der Waals surface area contributed by atoms with Crippen molar-refractivity contribution in [3.63, 3.8) is 0 Å². The monoisotopic (exact) mass is 378 g/mol. The number of nitrogens with one attached hydrogen (secondary N) is 1. The molecule has 0 saturated carbocycles. The van der Waals surface area contributed by atoms with Gasteiger partial charge in [-0.3, -0.25) is 18.8 Å². The Morgan fingerprint density at radius 1 is 1.00 bits per heavy atom. The van der Waals surface area contributed by atoms with Crippen LogP contribution in [0.25, 0.3) is 11.0 Å². The standard InChI is InChI=1S/C22H26N4O2/c1-24-18-11-5-6-12-19(18)26(22(24)28)16-21(27)23-15-20(25-13-7-8-14-25)17-9-3-2-4-10-17/h2-6,9-12,20H,7-8,13-16H2,1H3,(H,23,27)/t20-/m1/s1. The van der Waals surface area contributed by atoms with Crippen molar-refractivity contribution < 1.29 is 4.79 Å². The van der Waals surface area contributed by atoms with Crippen LogP contribution in [-0.2, 0) is 18.4 Å². The number of hydrogen-bond acceptors (Lipinski definition) is 3. The molecular weight excluding hydrogens is 352 g/mol. The number of amides is 1. The summed E-state index contributed by atoms with van der Waals surface area (Å²) in [5.74, 6) is -0.140. The minimum Gasteiger partial charge on any atom is -0.353 e. The van der Waals surface area contributed by atoms with Gasteiger partial charge >= 0.3 is 5.69 Å². The molecule has 0 radical (unpaired) electrons. The average molecular weight is 378 g/mol. The van der Waals surface area contributed by atoms with E-state index in [0.29, 0.717) is 6.54 Å². The number of rotatable bonds is 6. The molecule has 0 aliphatic carbocycles. The number of likely N-dealkylation sites (tertiary alicyclic amines) is 1. The quantitative estimate of drug-likeness (QED) is 0.716. The molecule has 1 atom stereocenters. The van der Waals surface area contributed by atoms with E-state index in [1.165, 1.54) is 23.0 Å². The Morgan fingerprint density at radius 2 is 1.64 bits per heavy atom. The molecule has 4 rings (SSSR count). The zero-order chi connectivity index (χ0) is 19.5. The summed E-state index contributed by atoms with van der Waals surface area (Å²) >= 11 is 0. The fourth-order valence-corrected chi connectivity index (χ4v) is 4.11. The van der Waals surface area contributed by atoms with Crippen LogP contribution in [0.1, 0.15) is 24.4 Å². The third kappa shape index (κ3) is 3.60. The van der Waals surface area contributed by atoms with Crippen molar-refractivity contribution in [2.75, 3.05) is 19.6 Å². The number of fused-ring (bicyclic) bond motifs is 1. The molecule has 0 unspecified atom stereocenters. The highest BCUT2D eigenvalue weighted by molar-refractivity contribution is 5.80. The molecule has 146 valence electrons. The molecule has 1 amide bonds. The van der Waals surface area contributed by atoms with Crippen molar-refractivity contribution in [1.29, 1.82) is 0 Å². The first-order valence-corrected chi connectivity index (χ1v) is 9.85. The van der Waals surface area contributed by atoms with Crippen LogP contribution >= 0.6 is 0 Å². The highest BCUT2D eigenvalue weighted by atomic mass is 16.2. The molecule has 1 N–H and O–H groups in total. The van der Waals surface area contributed by atoms with E-state index in [4.69, 9.17) is 0 Å². The second-order valence-electron chi connectivity index (χ2n) is 7.39. The zero-order valence-corrected chi connectivity index (χ0v) is 16.2.